The molecular formula is C13H19N3O. The van der Waals surface area contributed by atoms with Gasteiger partial charge in [-0.15, -0.1) is 0 Å². The molecule has 4 heteroatoms. The van der Waals surface area contributed by atoms with Gasteiger partial charge in [0.2, 0.25) is 5.91 Å². The minimum Gasteiger partial charge on any atom is -0.382 e. The third-order valence-electron chi connectivity index (χ3n) is 3.31. The van der Waals surface area contributed by atoms with Gasteiger partial charge in [-0.2, -0.15) is 0 Å². The highest BCUT2D eigenvalue weighted by Crippen LogP contribution is 2.21. The molecular weight excluding hydrogens is 214 g/mol. The molecule has 0 saturated heterocycles. The molecule has 1 amide bonds. The van der Waals surface area contributed by atoms with Gasteiger partial charge in [0.05, 0.1) is 0 Å². The van der Waals surface area contributed by atoms with Crippen LogP contribution in [0.1, 0.15) is 36.0 Å². The lowest BCUT2D eigenvalue weighted by Gasteiger charge is -2.27. The SMILES string of the molecule is NC(=O)c1ccc(NC2CCC(N)CC2)cc1. The van der Waals surface area contributed by atoms with Gasteiger partial charge in [-0.1, -0.05) is 0 Å². The number of carbonyl (C=O) groups is 1. The van der Waals surface area contributed by atoms with Crippen molar-refractivity contribution >= 4 is 11.6 Å². The van der Waals surface area contributed by atoms with Crippen molar-refractivity contribution in [3.63, 3.8) is 0 Å². The smallest absolute Gasteiger partial charge is 0.248 e. The molecule has 92 valence electrons. The average molecular weight is 233 g/mol. The third kappa shape index (κ3) is 3.20. The molecule has 1 aromatic rings. The van der Waals surface area contributed by atoms with Crippen LogP contribution in [0.15, 0.2) is 24.3 Å². The molecule has 1 aliphatic rings. The van der Waals surface area contributed by atoms with Crippen molar-refractivity contribution in [2.24, 2.45) is 11.5 Å². The number of hydrogen-bond acceptors (Lipinski definition) is 3. The van der Waals surface area contributed by atoms with Gasteiger partial charge in [0.15, 0.2) is 0 Å². The largest absolute Gasteiger partial charge is 0.382 e. The van der Waals surface area contributed by atoms with Gasteiger partial charge in [-0.05, 0) is 49.9 Å². The van der Waals surface area contributed by atoms with Gasteiger partial charge in [-0.3, -0.25) is 4.79 Å². The van der Waals surface area contributed by atoms with Crippen molar-refractivity contribution in [3.05, 3.63) is 29.8 Å². The van der Waals surface area contributed by atoms with Gasteiger partial charge in [0.1, 0.15) is 0 Å². The number of benzene rings is 1. The van der Waals surface area contributed by atoms with Gasteiger partial charge in [0.25, 0.3) is 0 Å². The lowest BCUT2D eigenvalue weighted by atomic mass is 9.91. The van der Waals surface area contributed by atoms with Crippen LogP contribution in [0.3, 0.4) is 0 Å². The zero-order chi connectivity index (χ0) is 12.3. The first-order valence-electron chi connectivity index (χ1n) is 6.07. The summed E-state index contributed by atoms with van der Waals surface area (Å²) < 4.78 is 0. The molecule has 0 aliphatic heterocycles. The summed E-state index contributed by atoms with van der Waals surface area (Å²) in [7, 11) is 0. The number of carbonyl (C=O) groups excluding carboxylic acids is 1. The molecule has 1 aromatic carbocycles. The first-order chi connectivity index (χ1) is 8.15. The molecule has 0 spiro atoms. The average Bonchev–Trinajstić information content (AvgIpc) is 2.33. The molecule has 5 N–H and O–H groups in total. The summed E-state index contributed by atoms with van der Waals surface area (Å²) in [4.78, 5) is 10.9. The van der Waals surface area contributed by atoms with Crippen LogP contribution in [-0.2, 0) is 0 Å². The highest BCUT2D eigenvalue weighted by atomic mass is 16.1. The first-order valence-corrected chi connectivity index (χ1v) is 6.07. The number of amides is 1. The molecule has 0 heterocycles. The van der Waals surface area contributed by atoms with Crippen LogP contribution in [-0.4, -0.2) is 18.0 Å². The van der Waals surface area contributed by atoms with Crippen LogP contribution in [0.4, 0.5) is 5.69 Å². The number of nitrogens with two attached hydrogens (primary N) is 2. The number of primary amides is 1. The molecule has 1 aliphatic carbocycles. The van der Waals surface area contributed by atoms with E-state index in [1.54, 1.807) is 12.1 Å². The highest BCUT2D eigenvalue weighted by molar-refractivity contribution is 5.93. The summed E-state index contributed by atoms with van der Waals surface area (Å²) >= 11 is 0. The standard InChI is InChI=1S/C13H19N3O/c14-10-3-7-12(8-4-10)16-11-5-1-9(2-6-11)13(15)17/h1-2,5-6,10,12,16H,3-4,7-8,14H2,(H2,15,17). The Balaban J connectivity index is 1.92. The maximum atomic E-state index is 10.9. The Kier molecular flexibility index (Phi) is 3.64. The van der Waals surface area contributed by atoms with Crippen molar-refractivity contribution in [3.8, 4) is 0 Å². The molecule has 1 saturated carbocycles. The van der Waals surface area contributed by atoms with Crippen molar-refractivity contribution in [2.75, 3.05) is 5.32 Å². The minimum absolute atomic E-state index is 0.366. The Morgan fingerprint density at radius 2 is 1.71 bits per heavy atom. The van der Waals surface area contributed by atoms with E-state index in [0.717, 1.165) is 31.4 Å². The van der Waals surface area contributed by atoms with E-state index in [1.165, 1.54) is 0 Å². The van der Waals surface area contributed by atoms with E-state index in [-0.39, 0.29) is 5.91 Å². The quantitative estimate of drug-likeness (QED) is 0.739. The number of anilines is 1. The molecule has 0 aromatic heterocycles. The van der Waals surface area contributed by atoms with Crippen LogP contribution in [0, 0.1) is 0 Å². The van der Waals surface area contributed by atoms with Crippen LogP contribution in [0.2, 0.25) is 0 Å². The first kappa shape index (κ1) is 11.9. The monoisotopic (exact) mass is 233 g/mol. The fraction of sp³-hybridized carbons (Fsp3) is 0.462. The normalized spacial score (nSPS) is 24.3. The van der Waals surface area contributed by atoms with E-state index in [1.807, 2.05) is 12.1 Å². The summed E-state index contributed by atoms with van der Waals surface area (Å²) in [6, 6.07) is 8.15. The van der Waals surface area contributed by atoms with E-state index in [9.17, 15) is 4.79 Å². The Morgan fingerprint density at radius 3 is 2.24 bits per heavy atom. The minimum atomic E-state index is -0.389. The fourth-order valence-corrected chi connectivity index (χ4v) is 2.23. The van der Waals surface area contributed by atoms with Gasteiger partial charge < -0.3 is 16.8 Å². The van der Waals surface area contributed by atoms with Gasteiger partial charge >= 0.3 is 0 Å². The molecule has 2 rings (SSSR count). The highest BCUT2D eigenvalue weighted by Gasteiger charge is 2.17. The maximum Gasteiger partial charge on any atom is 0.248 e. The summed E-state index contributed by atoms with van der Waals surface area (Å²) in [5.41, 5.74) is 12.6. The maximum absolute atomic E-state index is 10.9. The lowest BCUT2D eigenvalue weighted by molar-refractivity contribution is 0.100. The van der Waals surface area contributed by atoms with Crippen molar-refractivity contribution in [1.82, 2.24) is 0 Å². The molecule has 17 heavy (non-hydrogen) atoms. The molecule has 0 radical (unpaired) electrons. The number of nitrogens with one attached hydrogen (secondary N) is 1. The molecule has 0 unspecified atom stereocenters. The van der Waals surface area contributed by atoms with Gasteiger partial charge in [0, 0.05) is 23.3 Å². The molecule has 4 nitrogen and oxygen atoms in total. The Morgan fingerprint density at radius 1 is 1.12 bits per heavy atom. The predicted octanol–water partition coefficient (Wildman–Crippen LogP) is 1.47. The molecule has 0 bridgehead atoms. The van der Waals surface area contributed by atoms with Crippen molar-refractivity contribution < 1.29 is 4.79 Å². The predicted molar refractivity (Wildman–Crippen MR) is 68.8 cm³/mol. The van der Waals surface area contributed by atoms with E-state index in [0.29, 0.717) is 17.6 Å². The fourth-order valence-electron chi connectivity index (χ4n) is 2.23. The number of rotatable bonds is 3. The summed E-state index contributed by atoms with van der Waals surface area (Å²) in [6.45, 7) is 0. The van der Waals surface area contributed by atoms with Crippen LogP contribution in [0.25, 0.3) is 0 Å². The second-order valence-electron chi connectivity index (χ2n) is 4.70. The second-order valence-corrected chi connectivity index (χ2v) is 4.70. The Labute approximate surface area is 101 Å². The number of hydrogen-bond donors (Lipinski definition) is 3. The summed E-state index contributed by atoms with van der Waals surface area (Å²) in [5.74, 6) is -0.389. The van der Waals surface area contributed by atoms with Crippen LogP contribution < -0.4 is 16.8 Å². The van der Waals surface area contributed by atoms with Crippen LogP contribution in [0.5, 0.6) is 0 Å². The summed E-state index contributed by atoms with van der Waals surface area (Å²) in [5, 5.41) is 3.46. The topological polar surface area (TPSA) is 81.1 Å². The molecule has 0 atom stereocenters. The van der Waals surface area contributed by atoms with E-state index in [4.69, 9.17) is 11.5 Å². The van der Waals surface area contributed by atoms with E-state index < -0.39 is 0 Å². The third-order valence-corrected chi connectivity index (χ3v) is 3.31. The zero-order valence-corrected chi connectivity index (χ0v) is 9.86. The summed E-state index contributed by atoms with van der Waals surface area (Å²) in [6.07, 6.45) is 4.38. The second kappa shape index (κ2) is 5.19. The van der Waals surface area contributed by atoms with Crippen molar-refractivity contribution in [1.29, 1.82) is 0 Å². The Hall–Kier alpha value is -1.55. The van der Waals surface area contributed by atoms with E-state index >= 15 is 0 Å². The zero-order valence-electron chi connectivity index (χ0n) is 9.86. The van der Waals surface area contributed by atoms with Crippen molar-refractivity contribution in [2.45, 2.75) is 37.8 Å². The Bertz CT molecular complexity index is 380. The van der Waals surface area contributed by atoms with Gasteiger partial charge in [-0.25, -0.2) is 0 Å². The molecule has 1 fully saturated rings. The van der Waals surface area contributed by atoms with E-state index in [2.05, 4.69) is 5.32 Å². The van der Waals surface area contributed by atoms with Crippen LogP contribution >= 0.6 is 0 Å². The lowest BCUT2D eigenvalue weighted by Crippen LogP contribution is -2.32.